The Hall–Kier alpha value is -2.64. The highest BCUT2D eigenvalue weighted by atomic mass is 35.5. The molecule has 0 radical (unpaired) electrons. The largest absolute Gasteiger partial charge is 0.340 e. The molecule has 0 N–H and O–H groups in total. The number of aromatic nitrogens is 4. The molecular formula is C23H31ClN6O. The van der Waals surface area contributed by atoms with Crippen LogP contribution in [0.3, 0.4) is 0 Å². The number of rotatable bonds is 7. The number of aryl methyl sites for hydroxylation is 3. The molecule has 1 aliphatic rings. The number of hydrogen-bond acceptors (Lipinski definition) is 4. The van der Waals surface area contributed by atoms with Crippen LogP contribution in [0.2, 0.25) is 0 Å². The average Bonchev–Trinajstić information content (AvgIpc) is 3.42. The van der Waals surface area contributed by atoms with Crippen LogP contribution in [0.25, 0.3) is 0 Å². The topological polar surface area (TPSA) is 59.2 Å². The minimum absolute atomic E-state index is 0. The number of benzene rings is 1. The first kappa shape index (κ1) is 23.0. The molecule has 1 saturated heterocycles. The minimum atomic E-state index is 0. The molecule has 7 nitrogen and oxygen atoms in total. The standard InChI is InChI=1S/C23H30N6O.ClH/c1-3-20-24-11-14-27(20)12-9-21(30)28-15-17-29(18-16-28)22(19-7-5-4-6-8-19)23-25-10-13-26(23)2;/h4-8,10-11,13-14,22H,3,9,12,15-18H2,1-2H3;1H. The fourth-order valence-corrected chi connectivity index (χ4v) is 4.26. The molecule has 1 fully saturated rings. The van der Waals surface area contributed by atoms with Crippen molar-refractivity contribution in [3.05, 3.63) is 72.3 Å². The van der Waals surface area contributed by atoms with Gasteiger partial charge in [-0.15, -0.1) is 12.4 Å². The van der Waals surface area contributed by atoms with Gasteiger partial charge in [-0.3, -0.25) is 9.69 Å². The third-order valence-electron chi connectivity index (χ3n) is 5.93. The summed E-state index contributed by atoms with van der Waals surface area (Å²) in [5.41, 5.74) is 1.23. The molecular weight excluding hydrogens is 412 g/mol. The zero-order valence-electron chi connectivity index (χ0n) is 18.2. The van der Waals surface area contributed by atoms with Crippen molar-refractivity contribution in [2.75, 3.05) is 26.2 Å². The molecule has 3 heterocycles. The summed E-state index contributed by atoms with van der Waals surface area (Å²) >= 11 is 0. The van der Waals surface area contributed by atoms with Crippen molar-refractivity contribution in [2.24, 2.45) is 7.05 Å². The summed E-state index contributed by atoms with van der Waals surface area (Å²) in [6, 6.07) is 10.6. The van der Waals surface area contributed by atoms with E-state index in [4.69, 9.17) is 0 Å². The number of nitrogens with zero attached hydrogens (tertiary/aromatic N) is 6. The Morgan fingerprint density at radius 1 is 1.03 bits per heavy atom. The molecule has 1 aromatic carbocycles. The van der Waals surface area contributed by atoms with Crippen LogP contribution in [-0.4, -0.2) is 61.0 Å². The van der Waals surface area contributed by atoms with Crippen molar-refractivity contribution in [1.29, 1.82) is 0 Å². The molecule has 8 heteroatoms. The maximum atomic E-state index is 12.8. The lowest BCUT2D eigenvalue weighted by Gasteiger charge is -2.39. The molecule has 0 spiro atoms. The van der Waals surface area contributed by atoms with Gasteiger partial charge in [0.2, 0.25) is 5.91 Å². The predicted octanol–water partition coefficient (Wildman–Crippen LogP) is 2.92. The molecule has 0 bridgehead atoms. The summed E-state index contributed by atoms with van der Waals surface area (Å²) in [4.78, 5) is 26.2. The molecule has 166 valence electrons. The third-order valence-corrected chi connectivity index (χ3v) is 5.93. The molecule has 31 heavy (non-hydrogen) atoms. The smallest absolute Gasteiger partial charge is 0.224 e. The molecule has 1 aliphatic heterocycles. The molecule has 3 aromatic rings. The lowest BCUT2D eigenvalue weighted by atomic mass is 10.0. The van der Waals surface area contributed by atoms with Gasteiger partial charge in [0.05, 0.1) is 6.04 Å². The second-order valence-electron chi connectivity index (χ2n) is 7.77. The van der Waals surface area contributed by atoms with Crippen LogP contribution in [0.5, 0.6) is 0 Å². The van der Waals surface area contributed by atoms with Crippen LogP contribution >= 0.6 is 12.4 Å². The van der Waals surface area contributed by atoms with Crippen molar-refractivity contribution in [1.82, 2.24) is 28.9 Å². The van der Waals surface area contributed by atoms with Gasteiger partial charge in [-0.2, -0.15) is 0 Å². The zero-order valence-corrected chi connectivity index (χ0v) is 19.0. The summed E-state index contributed by atoms with van der Waals surface area (Å²) in [7, 11) is 2.04. The van der Waals surface area contributed by atoms with E-state index in [1.807, 2.05) is 42.8 Å². The molecule has 1 unspecified atom stereocenters. The Morgan fingerprint density at radius 3 is 2.39 bits per heavy atom. The van der Waals surface area contributed by atoms with E-state index >= 15 is 0 Å². The fraction of sp³-hybridized carbons (Fsp3) is 0.435. The van der Waals surface area contributed by atoms with Crippen LogP contribution < -0.4 is 0 Å². The van der Waals surface area contributed by atoms with Gasteiger partial charge in [0.25, 0.3) is 0 Å². The van der Waals surface area contributed by atoms with E-state index in [9.17, 15) is 4.79 Å². The van der Waals surface area contributed by atoms with Crippen molar-refractivity contribution in [3.8, 4) is 0 Å². The average molecular weight is 443 g/mol. The van der Waals surface area contributed by atoms with E-state index in [0.717, 1.165) is 44.2 Å². The number of carbonyl (C=O) groups is 1. The van der Waals surface area contributed by atoms with Crippen LogP contribution in [0.1, 0.15) is 36.6 Å². The molecule has 1 atom stereocenters. The van der Waals surface area contributed by atoms with Crippen molar-refractivity contribution < 1.29 is 4.79 Å². The fourth-order valence-electron chi connectivity index (χ4n) is 4.26. The Morgan fingerprint density at radius 2 is 1.74 bits per heavy atom. The summed E-state index contributed by atoms with van der Waals surface area (Å²) < 4.78 is 4.17. The van der Waals surface area contributed by atoms with E-state index in [2.05, 4.69) is 55.2 Å². The number of imidazole rings is 2. The molecule has 2 aromatic heterocycles. The summed E-state index contributed by atoms with van der Waals surface area (Å²) in [5, 5.41) is 0. The lowest BCUT2D eigenvalue weighted by molar-refractivity contribution is -0.133. The lowest BCUT2D eigenvalue weighted by Crippen LogP contribution is -2.50. The third kappa shape index (κ3) is 5.17. The highest BCUT2D eigenvalue weighted by molar-refractivity contribution is 5.85. The van der Waals surface area contributed by atoms with Gasteiger partial charge in [-0.1, -0.05) is 37.3 Å². The number of hydrogen-bond donors (Lipinski definition) is 0. The first-order valence-electron chi connectivity index (χ1n) is 10.7. The molecule has 1 amide bonds. The second-order valence-corrected chi connectivity index (χ2v) is 7.77. The van der Waals surface area contributed by atoms with Gasteiger partial charge in [0.1, 0.15) is 11.6 Å². The summed E-state index contributed by atoms with van der Waals surface area (Å²) in [6.45, 7) is 5.95. The van der Waals surface area contributed by atoms with Gasteiger partial charge >= 0.3 is 0 Å². The number of amides is 1. The number of halogens is 1. The Kier molecular flexibility index (Phi) is 7.87. The van der Waals surface area contributed by atoms with Crippen LogP contribution in [-0.2, 0) is 24.8 Å². The maximum absolute atomic E-state index is 12.8. The van der Waals surface area contributed by atoms with E-state index < -0.39 is 0 Å². The van der Waals surface area contributed by atoms with E-state index in [1.54, 1.807) is 0 Å². The Balaban J connectivity index is 0.00000272. The van der Waals surface area contributed by atoms with Gasteiger partial charge in [-0.05, 0) is 5.56 Å². The monoisotopic (exact) mass is 442 g/mol. The number of piperazine rings is 1. The SMILES string of the molecule is CCc1nccn1CCC(=O)N1CCN(C(c2ccccc2)c2nccn2C)CC1.Cl. The van der Waals surface area contributed by atoms with Crippen LogP contribution in [0.4, 0.5) is 0 Å². The molecule has 4 rings (SSSR count). The van der Waals surface area contributed by atoms with Gasteiger partial charge in [0.15, 0.2) is 0 Å². The van der Waals surface area contributed by atoms with Gasteiger partial charge < -0.3 is 14.0 Å². The van der Waals surface area contributed by atoms with E-state index in [-0.39, 0.29) is 24.4 Å². The van der Waals surface area contributed by atoms with E-state index in [1.165, 1.54) is 5.56 Å². The van der Waals surface area contributed by atoms with Crippen molar-refractivity contribution in [3.63, 3.8) is 0 Å². The zero-order chi connectivity index (χ0) is 20.9. The maximum Gasteiger partial charge on any atom is 0.224 e. The summed E-state index contributed by atoms with van der Waals surface area (Å²) in [5.74, 6) is 2.29. The molecule has 0 saturated carbocycles. The van der Waals surface area contributed by atoms with Gasteiger partial charge in [-0.25, -0.2) is 9.97 Å². The van der Waals surface area contributed by atoms with Crippen LogP contribution in [0, 0.1) is 0 Å². The van der Waals surface area contributed by atoms with Crippen molar-refractivity contribution in [2.45, 2.75) is 32.4 Å². The normalized spacial score (nSPS) is 15.5. The van der Waals surface area contributed by atoms with Crippen LogP contribution in [0.15, 0.2) is 55.1 Å². The van der Waals surface area contributed by atoms with Gasteiger partial charge in [0, 0.05) is 77.4 Å². The van der Waals surface area contributed by atoms with Crippen molar-refractivity contribution >= 4 is 18.3 Å². The first-order chi connectivity index (χ1) is 14.7. The van der Waals surface area contributed by atoms with E-state index in [0.29, 0.717) is 13.0 Å². The second kappa shape index (κ2) is 10.6. The first-order valence-corrected chi connectivity index (χ1v) is 10.7. The highest BCUT2D eigenvalue weighted by Gasteiger charge is 2.30. The molecule has 0 aliphatic carbocycles. The number of carbonyl (C=O) groups excluding carboxylic acids is 1. The Bertz CT molecular complexity index is 961. The highest BCUT2D eigenvalue weighted by Crippen LogP contribution is 2.28. The summed E-state index contributed by atoms with van der Waals surface area (Å²) in [6.07, 6.45) is 9.01. The Labute approximate surface area is 190 Å². The quantitative estimate of drug-likeness (QED) is 0.564. The predicted molar refractivity (Wildman–Crippen MR) is 123 cm³/mol. The minimum Gasteiger partial charge on any atom is -0.340 e.